The molecule has 0 radical (unpaired) electrons. The number of fused-ring (bicyclic) bond motifs is 1. The van der Waals surface area contributed by atoms with Crippen LogP contribution in [0.1, 0.15) is 28.4 Å². The molecule has 3 aromatic carbocycles. The number of rotatable bonds is 5. The van der Waals surface area contributed by atoms with Crippen LogP contribution in [0.4, 0.5) is 10.5 Å². The second kappa shape index (κ2) is 8.53. The Labute approximate surface area is 181 Å². The largest absolute Gasteiger partial charge is 0.333 e. The summed E-state index contributed by atoms with van der Waals surface area (Å²) >= 11 is 1.69. The van der Waals surface area contributed by atoms with Crippen LogP contribution in [-0.4, -0.2) is 14.4 Å². The fourth-order valence-electron chi connectivity index (χ4n) is 3.51. The van der Waals surface area contributed by atoms with Crippen LogP contribution < -0.4 is 10.0 Å². The molecular formula is C23H22N2O3S2. The summed E-state index contributed by atoms with van der Waals surface area (Å²) in [5.74, 6) is 0. The van der Waals surface area contributed by atoms with Gasteiger partial charge >= 0.3 is 6.03 Å². The number of benzene rings is 3. The number of hydrogen-bond acceptors (Lipinski definition) is 4. The van der Waals surface area contributed by atoms with Gasteiger partial charge in [0.05, 0.1) is 10.6 Å². The van der Waals surface area contributed by atoms with E-state index in [-0.39, 0.29) is 4.90 Å². The molecule has 4 rings (SSSR count). The number of anilines is 1. The highest BCUT2D eigenvalue weighted by Gasteiger charge is 2.24. The third-order valence-electron chi connectivity index (χ3n) is 5.04. The fraction of sp³-hybridized carbons (Fsp3) is 0.174. The quantitative estimate of drug-likeness (QED) is 0.568. The minimum atomic E-state index is -3.94. The van der Waals surface area contributed by atoms with E-state index in [1.165, 1.54) is 23.3 Å². The van der Waals surface area contributed by atoms with Gasteiger partial charge in [0, 0.05) is 10.1 Å². The van der Waals surface area contributed by atoms with Crippen molar-refractivity contribution in [3.63, 3.8) is 0 Å². The molecule has 1 atom stereocenters. The van der Waals surface area contributed by atoms with Gasteiger partial charge in [0.2, 0.25) is 0 Å². The van der Waals surface area contributed by atoms with Crippen LogP contribution in [-0.2, 0) is 16.4 Å². The van der Waals surface area contributed by atoms with Crippen molar-refractivity contribution < 1.29 is 13.2 Å². The summed E-state index contributed by atoms with van der Waals surface area (Å²) in [6.07, 6.45) is 2.07. The van der Waals surface area contributed by atoms with Crippen molar-refractivity contribution in [2.24, 2.45) is 0 Å². The van der Waals surface area contributed by atoms with Crippen molar-refractivity contribution in [2.75, 3.05) is 5.32 Å². The Morgan fingerprint density at radius 1 is 0.967 bits per heavy atom. The normalized spacial score (nSPS) is 15.4. The SMILES string of the molecule is Cc1ccc(S(=O)(=O)NC(=O)Nc2ccccc2S[C@@H]2CCc3ccccc32)cc1. The number of carbonyl (C=O) groups is 1. The lowest BCUT2D eigenvalue weighted by Crippen LogP contribution is -2.34. The number of urea groups is 1. The number of carbonyl (C=O) groups excluding carboxylic acids is 1. The van der Waals surface area contributed by atoms with Crippen LogP contribution >= 0.6 is 11.8 Å². The molecule has 0 unspecified atom stereocenters. The maximum atomic E-state index is 12.5. The number of nitrogens with one attached hydrogen (secondary N) is 2. The van der Waals surface area contributed by atoms with E-state index in [4.69, 9.17) is 0 Å². The molecule has 5 nitrogen and oxygen atoms in total. The molecule has 1 aliphatic carbocycles. The first-order valence-corrected chi connectivity index (χ1v) is 12.0. The van der Waals surface area contributed by atoms with Crippen molar-refractivity contribution in [2.45, 2.75) is 34.8 Å². The second-order valence-corrected chi connectivity index (χ2v) is 10.1. The summed E-state index contributed by atoms with van der Waals surface area (Å²) in [6.45, 7) is 1.87. The first kappa shape index (κ1) is 20.5. The third-order valence-corrected chi connectivity index (χ3v) is 7.77. The number of thioether (sulfide) groups is 1. The number of sulfonamides is 1. The van der Waals surface area contributed by atoms with E-state index in [2.05, 4.69) is 28.2 Å². The van der Waals surface area contributed by atoms with Crippen molar-refractivity contribution in [1.82, 2.24) is 4.72 Å². The molecule has 0 aliphatic heterocycles. The standard InChI is InChI=1S/C23H22N2O3S2/c1-16-10-13-18(14-11-16)30(27,28)25-23(26)24-20-8-4-5-9-22(20)29-21-15-12-17-6-2-3-7-19(17)21/h2-11,13-14,21H,12,15H2,1H3,(H2,24,25,26)/t21-/m1/s1. The Morgan fingerprint density at radius 2 is 1.67 bits per heavy atom. The van der Waals surface area contributed by atoms with Gasteiger partial charge in [-0.05, 0) is 55.2 Å². The molecule has 1 aliphatic rings. The molecule has 154 valence electrons. The van der Waals surface area contributed by atoms with E-state index in [0.29, 0.717) is 10.9 Å². The highest BCUT2D eigenvalue weighted by molar-refractivity contribution is 7.99. The van der Waals surface area contributed by atoms with E-state index < -0.39 is 16.1 Å². The highest BCUT2D eigenvalue weighted by atomic mass is 32.2. The zero-order valence-electron chi connectivity index (χ0n) is 16.5. The van der Waals surface area contributed by atoms with E-state index in [1.807, 2.05) is 31.2 Å². The molecule has 0 saturated heterocycles. The maximum absolute atomic E-state index is 12.5. The number of hydrogen-bond donors (Lipinski definition) is 2. The summed E-state index contributed by atoms with van der Waals surface area (Å²) in [7, 11) is -3.94. The van der Waals surface area contributed by atoms with Crippen LogP contribution in [0.5, 0.6) is 0 Å². The van der Waals surface area contributed by atoms with Gasteiger partial charge in [0.25, 0.3) is 10.0 Å². The zero-order chi connectivity index (χ0) is 21.1. The van der Waals surface area contributed by atoms with Crippen LogP contribution in [0.2, 0.25) is 0 Å². The molecule has 2 N–H and O–H groups in total. The van der Waals surface area contributed by atoms with Gasteiger partial charge in [-0.1, -0.05) is 54.1 Å². The van der Waals surface area contributed by atoms with Crippen molar-refractivity contribution in [3.05, 3.63) is 89.5 Å². The Kier molecular flexibility index (Phi) is 5.83. The smallest absolute Gasteiger partial charge is 0.306 e. The lowest BCUT2D eigenvalue weighted by atomic mass is 10.1. The van der Waals surface area contributed by atoms with Crippen LogP contribution in [0.25, 0.3) is 0 Å². The number of amides is 2. The van der Waals surface area contributed by atoms with Gasteiger partial charge in [-0.3, -0.25) is 0 Å². The molecule has 0 aromatic heterocycles. The van der Waals surface area contributed by atoms with Gasteiger partial charge in [0.15, 0.2) is 0 Å². The van der Waals surface area contributed by atoms with Crippen molar-refractivity contribution in [1.29, 1.82) is 0 Å². The summed E-state index contributed by atoms with van der Waals surface area (Å²) in [6, 6.07) is 21.4. The van der Waals surface area contributed by atoms with Gasteiger partial charge < -0.3 is 5.32 Å². The lowest BCUT2D eigenvalue weighted by molar-refractivity contribution is 0.256. The molecule has 0 heterocycles. The summed E-state index contributed by atoms with van der Waals surface area (Å²) in [5.41, 5.74) is 4.22. The van der Waals surface area contributed by atoms with E-state index in [1.54, 1.807) is 30.0 Å². The van der Waals surface area contributed by atoms with Crippen molar-refractivity contribution >= 4 is 33.5 Å². The Hall–Kier alpha value is -2.77. The second-order valence-electron chi connectivity index (χ2n) is 7.21. The summed E-state index contributed by atoms with van der Waals surface area (Å²) in [4.78, 5) is 13.4. The molecule has 7 heteroatoms. The fourth-order valence-corrected chi connectivity index (χ4v) is 5.72. The predicted molar refractivity (Wildman–Crippen MR) is 120 cm³/mol. The van der Waals surface area contributed by atoms with Crippen LogP contribution in [0.3, 0.4) is 0 Å². The molecule has 0 bridgehead atoms. The molecule has 0 spiro atoms. The molecular weight excluding hydrogens is 416 g/mol. The summed E-state index contributed by atoms with van der Waals surface area (Å²) in [5, 5.41) is 3.00. The maximum Gasteiger partial charge on any atom is 0.333 e. The van der Waals surface area contributed by atoms with E-state index in [0.717, 1.165) is 23.3 Å². The lowest BCUT2D eigenvalue weighted by Gasteiger charge is -2.16. The van der Waals surface area contributed by atoms with E-state index in [9.17, 15) is 13.2 Å². The number of para-hydroxylation sites is 1. The third kappa shape index (κ3) is 4.52. The topological polar surface area (TPSA) is 75.3 Å². The van der Waals surface area contributed by atoms with Gasteiger partial charge in [-0.2, -0.15) is 0 Å². The zero-order valence-corrected chi connectivity index (χ0v) is 18.1. The predicted octanol–water partition coefficient (Wildman–Crippen LogP) is 5.29. The summed E-state index contributed by atoms with van der Waals surface area (Å²) < 4.78 is 27.0. The van der Waals surface area contributed by atoms with Crippen LogP contribution in [0, 0.1) is 6.92 Å². The Bertz CT molecular complexity index is 1180. The van der Waals surface area contributed by atoms with Crippen LogP contribution in [0.15, 0.2) is 82.6 Å². The van der Waals surface area contributed by atoms with Gasteiger partial charge in [0.1, 0.15) is 0 Å². The monoisotopic (exact) mass is 438 g/mol. The molecule has 0 saturated carbocycles. The molecule has 3 aromatic rings. The Balaban J connectivity index is 1.48. The minimum absolute atomic E-state index is 0.0495. The Morgan fingerprint density at radius 3 is 2.47 bits per heavy atom. The van der Waals surface area contributed by atoms with Crippen molar-refractivity contribution in [3.8, 4) is 0 Å². The van der Waals surface area contributed by atoms with Gasteiger partial charge in [-0.15, -0.1) is 11.8 Å². The minimum Gasteiger partial charge on any atom is -0.306 e. The average Bonchev–Trinajstić information content (AvgIpc) is 3.12. The molecule has 2 amide bonds. The highest BCUT2D eigenvalue weighted by Crippen LogP contribution is 2.46. The first-order valence-electron chi connectivity index (χ1n) is 9.66. The first-order chi connectivity index (χ1) is 14.4. The van der Waals surface area contributed by atoms with Gasteiger partial charge in [-0.25, -0.2) is 17.9 Å². The average molecular weight is 439 g/mol. The molecule has 30 heavy (non-hydrogen) atoms. The van der Waals surface area contributed by atoms with E-state index >= 15 is 0 Å². The molecule has 0 fully saturated rings. The number of aryl methyl sites for hydroxylation is 2.